The van der Waals surface area contributed by atoms with Crippen LogP contribution < -0.4 is 5.32 Å². The predicted molar refractivity (Wildman–Crippen MR) is 135 cm³/mol. The van der Waals surface area contributed by atoms with E-state index in [0.717, 1.165) is 32.3 Å². The Morgan fingerprint density at radius 3 is 2.64 bits per heavy atom. The molecule has 0 radical (unpaired) electrons. The lowest BCUT2D eigenvalue weighted by atomic mass is 10.1. The fourth-order valence-corrected chi connectivity index (χ4v) is 5.88. The molecule has 0 aliphatic rings. The lowest BCUT2D eigenvalue weighted by molar-refractivity contribution is 0.102. The van der Waals surface area contributed by atoms with Gasteiger partial charge >= 0.3 is 0 Å². The monoisotopic (exact) mass is 489 g/mol. The largest absolute Gasteiger partial charge is 0.312 e. The standard InChI is InChI=1S/C24H19N5OS3/c1-2-16-9-6-7-12-18(16)29-21(19-13-8-14-31-19)27-28-23(29)33-24-25-15-20(32-24)26-22(30)17-10-4-3-5-11-17/h3-15H,2H2,1H3,(H,26,30). The topological polar surface area (TPSA) is 72.7 Å². The number of aryl methyl sites for hydroxylation is 1. The van der Waals surface area contributed by atoms with Gasteiger partial charge in [0.2, 0.25) is 5.16 Å². The number of anilines is 1. The molecule has 0 aliphatic heterocycles. The van der Waals surface area contributed by atoms with Gasteiger partial charge in [-0.1, -0.05) is 60.7 Å². The molecule has 9 heteroatoms. The van der Waals surface area contributed by atoms with Crippen molar-refractivity contribution in [3.8, 4) is 16.4 Å². The summed E-state index contributed by atoms with van der Waals surface area (Å²) in [4.78, 5) is 18.0. The van der Waals surface area contributed by atoms with E-state index in [2.05, 4.69) is 50.2 Å². The highest BCUT2D eigenvalue weighted by Gasteiger charge is 2.20. The molecule has 0 saturated heterocycles. The fourth-order valence-electron chi connectivity index (χ4n) is 3.36. The van der Waals surface area contributed by atoms with E-state index in [4.69, 9.17) is 0 Å². The first-order chi connectivity index (χ1) is 16.2. The first-order valence-electron chi connectivity index (χ1n) is 10.3. The van der Waals surface area contributed by atoms with Crippen LogP contribution >= 0.6 is 34.4 Å². The minimum absolute atomic E-state index is 0.157. The van der Waals surface area contributed by atoms with Gasteiger partial charge in [-0.05, 0) is 53.4 Å². The van der Waals surface area contributed by atoms with Crippen molar-refractivity contribution in [2.24, 2.45) is 0 Å². The summed E-state index contributed by atoms with van der Waals surface area (Å²) in [5.74, 6) is 0.651. The van der Waals surface area contributed by atoms with E-state index >= 15 is 0 Å². The maximum absolute atomic E-state index is 12.5. The van der Waals surface area contributed by atoms with Crippen molar-refractivity contribution in [1.29, 1.82) is 0 Å². The van der Waals surface area contributed by atoms with Crippen molar-refractivity contribution in [3.05, 3.63) is 89.4 Å². The number of benzene rings is 2. The lowest BCUT2D eigenvalue weighted by Gasteiger charge is -2.12. The number of thiazole rings is 1. The quantitative estimate of drug-likeness (QED) is 0.286. The number of nitrogens with zero attached hydrogens (tertiary/aromatic N) is 4. The summed E-state index contributed by atoms with van der Waals surface area (Å²) in [5, 5.41) is 15.4. The Balaban J connectivity index is 1.45. The predicted octanol–water partition coefficient (Wildman–Crippen LogP) is 6.42. The molecule has 0 atom stereocenters. The Hall–Kier alpha value is -3.27. The van der Waals surface area contributed by atoms with Crippen molar-refractivity contribution in [1.82, 2.24) is 19.7 Å². The Labute approximate surface area is 203 Å². The second kappa shape index (κ2) is 9.70. The molecule has 164 valence electrons. The first-order valence-corrected chi connectivity index (χ1v) is 12.8. The highest BCUT2D eigenvalue weighted by Crippen LogP contribution is 2.37. The summed E-state index contributed by atoms with van der Waals surface area (Å²) in [6.07, 6.45) is 2.57. The van der Waals surface area contributed by atoms with E-state index in [0.29, 0.717) is 10.6 Å². The van der Waals surface area contributed by atoms with E-state index in [-0.39, 0.29) is 5.91 Å². The third kappa shape index (κ3) is 4.61. The average Bonchev–Trinajstić information content (AvgIpc) is 3.61. The van der Waals surface area contributed by atoms with Crippen LogP contribution in [-0.2, 0) is 6.42 Å². The summed E-state index contributed by atoms with van der Waals surface area (Å²) in [6, 6.07) is 21.5. The molecule has 5 aromatic rings. The zero-order valence-corrected chi connectivity index (χ0v) is 20.1. The van der Waals surface area contributed by atoms with Gasteiger partial charge in [0.25, 0.3) is 5.91 Å². The van der Waals surface area contributed by atoms with Gasteiger partial charge in [-0.25, -0.2) is 4.98 Å². The van der Waals surface area contributed by atoms with E-state index in [9.17, 15) is 4.79 Å². The Bertz CT molecular complexity index is 1380. The SMILES string of the molecule is CCc1ccccc1-n1c(Sc2ncc(NC(=O)c3ccccc3)s2)nnc1-c1cccs1. The highest BCUT2D eigenvalue weighted by atomic mass is 32.2. The highest BCUT2D eigenvalue weighted by molar-refractivity contribution is 8.01. The van der Waals surface area contributed by atoms with Crippen molar-refractivity contribution in [2.75, 3.05) is 5.32 Å². The normalized spacial score (nSPS) is 10.9. The molecule has 0 bridgehead atoms. The summed E-state index contributed by atoms with van der Waals surface area (Å²) in [5.41, 5.74) is 2.88. The van der Waals surface area contributed by atoms with Crippen LogP contribution in [0.3, 0.4) is 0 Å². The zero-order valence-electron chi connectivity index (χ0n) is 17.6. The van der Waals surface area contributed by atoms with Crippen LogP contribution in [0.1, 0.15) is 22.8 Å². The Morgan fingerprint density at radius 1 is 1.03 bits per heavy atom. The number of nitrogens with one attached hydrogen (secondary N) is 1. The number of thiophene rings is 1. The molecule has 5 rings (SSSR count). The van der Waals surface area contributed by atoms with Crippen LogP contribution in [0.25, 0.3) is 16.4 Å². The maximum Gasteiger partial charge on any atom is 0.256 e. The second-order valence-electron chi connectivity index (χ2n) is 7.01. The lowest BCUT2D eigenvalue weighted by Crippen LogP contribution is -2.10. The minimum atomic E-state index is -0.157. The first kappa shape index (κ1) is 21.6. The Kier molecular flexibility index (Phi) is 6.34. The molecule has 0 unspecified atom stereocenters. The number of hydrogen-bond donors (Lipinski definition) is 1. The second-order valence-corrected chi connectivity index (χ2v) is 10.2. The molecule has 0 fully saturated rings. The molecule has 0 saturated carbocycles. The van der Waals surface area contributed by atoms with Crippen LogP contribution in [0, 0.1) is 0 Å². The van der Waals surface area contributed by atoms with Gasteiger partial charge in [0, 0.05) is 5.56 Å². The average molecular weight is 490 g/mol. The fraction of sp³-hybridized carbons (Fsp3) is 0.0833. The minimum Gasteiger partial charge on any atom is -0.312 e. The van der Waals surface area contributed by atoms with Gasteiger partial charge in [-0.3, -0.25) is 9.36 Å². The molecule has 1 amide bonds. The molecule has 33 heavy (non-hydrogen) atoms. The number of hydrogen-bond acceptors (Lipinski definition) is 7. The van der Waals surface area contributed by atoms with Gasteiger partial charge in [-0.2, -0.15) is 0 Å². The number of carbonyl (C=O) groups excluding carboxylic acids is 1. The van der Waals surface area contributed by atoms with Gasteiger partial charge in [-0.15, -0.1) is 21.5 Å². The molecule has 6 nitrogen and oxygen atoms in total. The van der Waals surface area contributed by atoms with Crippen molar-refractivity contribution >= 4 is 45.3 Å². The molecule has 0 aliphatic carbocycles. The smallest absolute Gasteiger partial charge is 0.256 e. The molecule has 0 spiro atoms. The van der Waals surface area contributed by atoms with Crippen molar-refractivity contribution in [2.45, 2.75) is 22.8 Å². The van der Waals surface area contributed by atoms with E-state index in [1.807, 2.05) is 41.8 Å². The van der Waals surface area contributed by atoms with E-state index in [1.54, 1.807) is 29.7 Å². The van der Waals surface area contributed by atoms with Crippen molar-refractivity contribution in [3.63, 3.8) is 0 Å². The van der Waals surface area contributed by atoms with Gasteiger partial charge in [0.15, 0.2) is 10.2 Å². The van der Waals surface area contributed by atoms with E-state index < -0.39 is 0 Å². The zero-order chi connectivity index (χ0) is 22.6. The van der Waals surface area contributed by atoms with Gasteiger partial charge < -0.3 is 5.32 Å². The number of rotatable bonds is 7. The van der Waals surface area contributed by atoms with Crippen LogP contribution in [0.2, 0.25) is 0 Å². The summed E-state index contributed by atoms with van der Waals surface area (Å²) < 4.78 is 2.87. The maximum atomic E-state index is 12.5. The third-order valence-electron chi connectivity index (χ3n) is 4.92. The number of amides is 1. The van der Waals surface area contributed by atoms with Crippen LogP contribution in [0.4, 0.5) is 5.00 Å². The van der Waals surface area contributed by atoms with Crippen molar-refractivity contribution < 1.29 is 4.79 Å². The van der Waals surface area contributed by atoms with E-state index in [1.165, 1.54) is 28.7 Å². The molecular weight excluding hydrogens is 470 g/mol. The summed E-state index contributed by atoms with van der Waals surface area (Å²) in [7, 11) is 0. The molecule has 1 N–H and O–H groups in total. The van der Waals surface area contributed by atoms with Gasteiger partial charge in [0.1, 0.15) is 5.00 Å². The number of para-hydroxylation sites is 1. The van der Waals surface area contributed by atoms with Crippen LogP contribution in [0.15, 0.2) is 87.8 Å². The molecule has 3 aromatic heterocycles. The molecule has 2 aromatic carbocycles. The van der Waals surface area contributed by atoms with Gasteiger partial charge in [0.05, 0.1) is 16.8 Å². The van der Waals surface area contributed by atoms with Crippen LogP contribution in [0.5, 0.6) is 0 Å². The van der Waals surface area contributed by atoms with Crippen LogP contribution in [-0.4, -0.2) is 25.7 Å². The Morgan fingerprint density at radius 2 is 1.85 bits per heavy atom. The number of aromatic nitrogens is 4. The molecule has 3 heterocycles. The third-order valence-corrected chi connectivity index (χ3v) is 7.72. The summed E-state index contributed by atoms with van der Waals surface area (Å²) >= 11 is 4.49. The molecular formula is C24H19N5OS3. The number of carbonyl (C=O) groups is 1. The summed E-state index contributed by atoms with van der Waals surface area (Å²) in [6.45, 7) is 2.14.